The van der Waals surface area contributed by atoms with Gasteiger partial charge in [0.1, 0.15) is 18.3 Å². The maximum Gasteiger partial charge on any atom is 0.264 e. The largest absolute Gasteiger partial charge is 0.300 e. The number of thiazole rings is 1. The van der Waals surface area contributed by atoms with Gasteiger partial charge in [-0.25, -0.2) is 9.97 Å². The number of amides is 1. The highest BCUT2D eigenvalue weighted by molar-refractivity contribution is 7.15. The molecule has 3 aromatic heterocycles. The van der Waals surface area contributed by atoms with Gasteiger partial charge in [-0.2, -0.15) is 5.10 Å². The Morgan fingerprint density at radius 3 is 3.16 bits per heavy atom. The molecule has 3 aromatic rings. The van der Waals surface area contributed by atoms with Crippen LogP contribution in [0, 0.1) is 5.92 Å². The van der Waals surface area contributed by atoms with Crippen molar-refractivity contribution in [1.82, 2.24) is 24.3 Å². The van der Waals surface area contributed by atoms with E-state index in [2.05, 4.69) is 27.3 Å². The fraction of sp³-hybridized carbons (Fsp3) is 0.438. The molecule has 3 heterocycles. The minimum absolute atomic E-state index is 0.0999. The average Bonchev–Trinajstić information content (AvgIpc) is 3.13. The van der Waals surface area contributed by atoms with E-state index >= 15 is 0 Å². The van der Waals surface area contributed by atoms with Crippen LogP contribution in [0.3, 0.4) is 0 Å². The molecule has 0 saturated heterocycles. The molecule has 0 fully saturated rings. The van der Waals surface area contributed by atoms with Gasteiger partial charge in [-0.1, -0.05) is 6.92 Å². The van der Waals surface area contributed by atoms with Crippen molar-refractivity contribution in [3.05, 3.63) is 33.4 Å². The van der Waals surface area contributed by atoms with E-state index in [1.54, 1.807) is 7.05 Å². The van der Waals surface area contributed by atoms with E-state index in [1.165, 1.54) is 38.0 Å². The quantitative estimate of drug-likeness (QED) is 0.763. The molecular weight excluding hydrogens is 340 g/mol. The smallest absolute Gasteiger partial charge is 0.264 e. The van der Waals surface area contributed by atoms with Crippen LogP contribution in [0.5, 0.6) is 0 Å². The summed E-state index contributed by atoms with van der Waals surface area (Å²) in [4.78, 5) is 34.7. The molecule has 1 atom stereocenters. The van der Waals surface area contributed by atoms with Crippen LogP contribution in [0.2, 0.25) is 0 Å². The van der Waals surface area contributed by atoms with E-state index in [0.29, 0.717) is 22.1 Å². The van der Waals surface area contributed by atoms with Crippen LogP contribution < -0.4 is 10.9 Å². The Morgan fingerprint density at radius 1 is 1.48 bits per heavy atom. The van der Waals surface area contributed by atoms with E-state index in [-0.39, 0.29) is 18.0 Å². The molecule has 8 nitrogen and oxygen atoms in total. The van der Waals surface area contributed by atoms with Crippen molar-refractivity contribution in [1.29, 1.82) is 0 Å². The molecule has 130 valence electrons. The molecule has 0 bridgehead atoms. The molecule has 1 aliphatic rings. The number of fused-ring (bicyclic) bond motifs is 2. The number of aryl methyl sites for hydroxylation is 2. The summed E-state index contributed by atoms with van der Waals surface area (Å²) in [5.41, 5.74) is 1.32. The van der Waals surface area contributed by atoms with Crippen molar-refractivity contribution < 1.29 is 4.79 Å². The van der Waals surface area contributed by atoms with Crippen LogP contribution in [0.1, 0.15) is 23.9 Å². The molecular formula is C16H18N6O2S. The molecule has 1 aliphatic carbocycles. The fourth-order valence-corrected chi connectivity index (χ4v) is 4.27. The summed E-state index contributed by atoms with van der Waals surface area (Å²) < 4.78 is 2.82. The van der Waals surface area contributed by atoms with E-state index in [0.717, 1.165) is 25.0 Å². The van der Waals surface area contributed by atoms with Gasteiger partial charge >= 0.3 is 0 Å². The zero-order valence-electron chi connectivity index (χ0n) is 14.0. The molecule has 0 radical (unpaired) electrons. The number of aromatic nitrogens is 5. The van der Waals surface area contributed by atoms with Crippen LogP contribution in [-0.4, -0.2) is 30.2 Å². The lowest BCUT2D eigenvalue weighted by atomic mass is 9.93. The number of hydrogen-bond acceptors (Lipinski definition) is 6. The van der Waals surface area contributed by atoms with E-state index in [1.807, 2.05) is 0 Å². The van der Waals surface area contributed by atoms with Gasteiger partial charge in [0.25, 0.3) is 5.56 Å². The van der Waals surface area contributed by atoms with Crippen LogP contribution in [0.25, 0.3) is 11.0 Å². The van der Waals surface area contributed by atoms with Crippen LogP contribution in [0.4, 0.5) is 5.13 Å². The van der Waals surface area contributed by atoms with Gasteiger partial charge in [0.05, 0.1) is 11.9 Å². The van der Waals surface area contributed by atoms with Crippen molar-refractivity contribution >= 4 is 33.4 Å². The van der Waals surface area contributed by atoms with Gasteiger partial charge in [0, 0.05) is 11.9 Å². The Hall–Kier alpha value is -2.55. The third-order valence-corrected chi connectivity index (χ3v) is 5.50. The Morgan fingerprint density at radius 2 is 2.32 bits per heavy atom. The first kappa shape index (κ1) is 15.9. The maximum atomic E-state index is 12.4. The Bertz CT molecular complexity index is 1020. The van der Waals surface area contributed by atoms with Gasteiger partial charge in [-0.05, 0) is 25.2 Å². The SMILES string of the molecule is C[C@H]1CCc2nc(NC(=O)Cn3cnc4c(cnn4C)c3=O)sc2C1. The summed E-state index contributed by atoms with van der Waals surface area (Å²) in [5.74, 6) is 0.374. The second-order valence-electron chi connectivity index (χ2n) is 6.47. The predicted octanol–water partition coefficient (Wildman–Crippen LogP) is 1.35. The third-order valence-electron chi connectivity index (χ3n) is 4.46. The zero-order valence-corrected chi connectivity index (χ0v) is 14.8. The molecule has 0 aromatic carbocycles. The first-order valence-corrected chi connectivity index (χ1v) is 8.98. The molecule has 0 unspecified atom stereocenters. The molecule has 0 aliphatic heterocycles. The topological polar surface area (TPSA) is 94.7 Å². The number of rotatable bonds is 3. The maximum absolute atomic E-state index is 12.4. The van der Waals surface area contributed by atoms with Gasteiger partial charge in [0.15, 0.2) is 10.8 Å². The van der Waals surface area contributed by atoms with Crippen molar-refractivity contribution in [3.63, 3.8) is 0 Å². The number of carbonyl (C=O) groups is 1. The number of nitrogens with zero attached hydrogens (tertiary/aromatic N) is 5. The minimum Gasteiger partial charge on any atom is -0.300 e. The predicted molar refractivity (Wildman–Crippen MR) is 94.7 cm³/mol. The van der Waals surface area contributed by atoms with Gasteiger partial charge < -0.3 is 5.32 Å². The van der Waals surface area contributed by atoms with Gasteiger partial charge in [-0.3, -0.25) is 18.8 Å². The summed E-state index contributed by atoms with van der Waals surface area (Å²) in [6, 6.07) is 0. The summed E-state index contributed by atoms with van der Waals surface area (Å²) in [5, 5.41) is 7.83. The first-order valence-electron chi connectivity index (χ1n) is 8.17. The Labute approximate surface area is 147 Å². The van der Waals surface area contributed by atoms with Gasteiger partial charge in [0.2, 0.25) is 5.91 Å². The van der Waals surface area contributed by atoms with Crippen molar-refractivity contribution in [2.75, 3.05) is 5.32 Å². The van der Waals surface area contributed by atoms with Crippen molar-refractivity contribution in [2.45, 2.75) is 32.7 Å². The summed E-state index contributed by atoms with van der Waals surface area (Å²) in [6.45, 7) is 2.13. The average molecular weight is 358 g/mol. The molecule has 4 rings (SSSR count). The first-order chi connectivity index (χ1) is 12.0. The number of hydrogen-bond donors (Lipinski definition) is 1. The molecule has 9 heteroatoms. The second-order valence-corrected chi connectivity index (χ2v) is 7.55. The molecule has 1 N–H and O–H groups in total. The van der Waals surface area contributed by atoms with E-state index in [9.17, 15) is 9.59 Å². The van der Waals surface area contributed by atoms with Crippen LogP contribution in [0.15, 0.2) is 17.3 Å². The molecule has 1 amide bonds. The number of nitrogens with one attached hydrogen (secondary N) is 1. The number of anilines is 1. The molecule has 0 spiro atoms. The third kappa shape index (κ3) is 2.95. The normalized spacial score (nSPS) is 16.8. The number of carbonyl (C=O) groups excluding carboxylic acids is 1. The van der Waals surface area contributed by atoms with E-state index in [4.69, 9.17) is 0 Å². The summed E-state index contributed by atoms with van der Waals surface area (Å²) in [7, 11) is 1.72. The lowest BCUT2D eigenvalue weighted by molar-refractivity contribution is -0.116. The second kappa shape index (κ2) is 6.07. The standard InChI is InChI=1S/C16H18N6O2S/c1-9-3-4-11-12(5-9)25-16(19-11)20-13(23)7-22-8-17-14-10(15(22)24)6-18-21(14)2/h6,8-9H,3-5,7H2,1-2H3,(H,19,20,23)/t9-/m0/s1. The Balaban J connectivity index is 1.51. The lowest BCUT2D eigenvalue weighted by Crippen LogP contribution is -2.27. The lowest BCUT2D eigenvalue weighted by Gasteiger charge is -2.15. The van der Waals surface area contributed by atoms with E-state index < -0.39 is 0 Å². The van der Waals surface area contributed by atoms with Crippen LogP contribution in [-0.2, 0) is 31.2 Å². The highest BCUT2D eigenvalue weighted by Gasteiger charge is 2.20. The van der Waals surface area contributed by atoms with Crippen LogP contribution >= 0.6 is 11.3 Å². The summed E-state index contributed by atoms with van der Waals surface area (Å²) >= 11 is 1.53. The zero-order chi connectivity index (χ0) is 17.6. The highest BCUT2D eigenvalue weighted by atomic mass is 32.1. The fourth-order valence-electron chi connectivity index (χ4n) is 3.09. The molecule has 0 saturated carbocycles. The van der Waals surface area contributed by atoms with Crippen molar-refractivity contribution in [2.24, 2.45) is 13.0 Å². The van der Waals surface area contributed by atoms with Crippen molar-refractivity contribution in [3.8, 4) is 0 Å². The minimum atomic E-state index is -0.286. The highest BCUT2D eigenvalue weighted by Crippen LogP contribution is 2.32. The molecule has 25 heavy (non-hydrogen) atoms. The Kier molecular flexibility index (Phi) is 3.87. The van der Waals surface area contributed by atoms with Gasteiger partial charge in [-0.15, -0.1) is 11.3 Å². The summed E-state index contributed by atoms with van der Waals surface area (Å²) in [6.07, 6.45) is 5.96. The monoisotopic (exact) mass is 358 g/mol.